The van der Waals surface area contributed by atoms with E-state index in [1.54, 1.807) is 31.0 Å². The lowest BCUT2D eigenvalue weighted by atomic mass is 10.0. The van der Waals surface area contributed by atoms with Crippen LogP contribution in [0.5, 0.6) is 5.75 Å². The summed E-state index contributed by atoms with van der Waals surface area (Å²) in [6.45, 7) is 5.61. The second kappa shape index (κ2) is 4.58. The molecule has 0 bridgehead atoms. The number of rotatable bonds is 1. The van der Waals surface area contributed by atoms with E-state index in [4.69, 9.17) is 4.74 Å². The van der Waals surface area contributed by atoms with Gasteiger partial charge in [0.15, 0.2) is 6.10 Å². The SMILES string of the molecule is Cc1nc2cc3c(cc2c(=O)[nH]1)N(C)C(=O)C(C(C)C)O3. The fraction of sp³-hybridized carbons (Fsp3) is 0.400. The van der Waals surface area contributed by atoms with Gasteiger partial charge in [0.05, 0.1) is 16.6 Å². The van der Waals surface area contributed by atoms with Gasteiger partial charge in [-0.25, -0.2) is 4.98 Å². The Morgan fingerprint density at radius 3 is 2.71 bits per heavy atom. The molecule has 1 aromatic carbocycles. The minimum absolute atomic E-state index is 0.0673. The highest BCUT2D eigenvalue weighted by Crippen LogP contribution is 2.36. The smallest absolute Gasteiger partial charge is 0.268 e. The van der Waals surface area contributed by atoms with E-state index in [0.717, 1.165) is 0 Å². The topological polar surface area (TPSA) is 75.3 Å². The van der Waals surface area contributed by atoms with Crippen LogP contribution in [0.3, 0.4) is 0 Å². The first-order valence-corrected chi connectivity index (χ1v) is 6.87. The molecule has 0 fully saturated rings. The van der Waals surface area contributed by atoms with Gasteiger partial charge in [-0.15, -0.1) is 0 Å². The molecule has 1 aromatic heterocycles. The Balaban J connectivity index is 2.24. The van der Waals surface area contributed by atoms with Gasteiger partial charge >= 0.3 is 0 Å². The van der Waals surface area contributed by atoms with Crippen molar-refractivity contribution in [1.29, 1.82) is 0 Å². The van der Waals surface area contributed by atoms with Crippen LogP contribution in [0, 0.1) is 12.8 Å². The molecule has 1 N–H and O–H groups in total. The summed E-state index contributed by atoms with van der Waals surface area (Å²) < 4.78 is 5.82. The van der Waals surface area contributed by atoms with Crippen LogP contribution in [0.25, 0.3) is 10.9 Å². The van der Waals surface area contributed by atoms with Crippen molar-refractivity contribution in [2.75, 3.05) is 11.9 Å². The second-order valence-electron chi connectivity index (χ2n) is 5.67. The number of hydrogen-bond donors (Lipinski definition) is 1. The second-order valence-corrected chi connectivity index (χ2v) is 5.67. The van der Waals surface area contributed by atoms with Gasteiger partial charge in [0.1, 0.15) is 11.6 Å². The molecule has 1 aliphatic rings. The van der Waals surface area contributed by atoms with Crippen LogP contribution in [0.1, 0.15) is 19.7 Å². The third-order valence-electron chi connectivity index (χ3n) is 3.70. The molecule has 21 heavy (non-hydrogen) atoms. The lowest BCUT2D eigenvalue weighted by molar-refractivity contribution is -0.127. The Hall–Kier alpha value is -2.37. The number of ether oxygens (including phenoxy) is 1. The lowest BCUT2D eigenvalue weighted by Gasteiger charge is -2.33. The van der Waals surface area contributed by atoms with Crippen molar-refractivity contribution in [3.05, 3.63) is 28.3 Å². The molecule has 0 saturated carbocycles. The zero-order chi connectivity index (χ0) is 15.3. The first kappa shape index (κ1) is 13.6. The highest BCUT2D eigenvalue weighted by molar-refractivity contribution is 6.02. The van der Waals surface area contributed by atoms with Crippen LogP contribution in [-0.4, -0.2) is 29.0 Å². The first-order chi connectivity index (χ1) is 9.88. The number of nitrogens with one attached hydrogen (secondary N) is 1. The number of amides is 1. The zero-order valence-corrected chi connectivity index (χ0v) is 12.4. The predicted molar refractivity (Wildman–Crippen MR) is 79.8 cm³/mol. The molecule has 6 nitrogen and oxygen atoms in total. The maximum atomic E-state index is 12.3. The molecular formula is C15H17N3O3. The van der Waals surface area contributed by atoms with E-state index in [1.165, 1.54) is 0 Å². The molecule has 0 saturated heterocycles. The average molecular weight is 287 g/mol. The number of aromatic amines is 1. The lowest BCUT2D eigenvalue weighted by Crippen LogP contribution is -2.46. The van der Waals surface area contributed by atoms with E-state index in [9.17, 15) is 9.59 Å². The number of hydrogen-bond acceptors (Lipinski definition) is 4. The van der Waals surface area contributed by atoms with E-state index in [0.29, 0.717) is 28.2 Å². The average Bonchev–Trinajstić information content (AvgIpc) is 2.41. The third kappa shape index (κ3) is 2.07. The summed E-state index contributed by atoms with van der Waals surface area (Å²) in [5.74, 6) is 1.10. The van der Waals surface area contributed by atoms with Crippen molar-refractivity contribution in [3.8, 4) is 5.75 Å². The minimum Gasteiger partial charge on any atom is -0.478 e. The van der Waals surface area contributed by atoms with Crippen molar-refractivity contribution in [2.24, 2.45) is 5.92 Å². The van der Waals surface area contributed by atoms with E-state index in [2.05, 4.69) is 9.97 Å². The van der Waals surface area contributed by atoms with Gasteiger partial charge < -0.3 is 14.6 Å². The molecule has 1 atom stereocenters. The summed E-state index contributed by atoms with van der Waals surface area (Å²) in [6.07, 6.45) is -0.511. The van der Waals surface area contributed by atoms with Crippen LogP contribution in [-0.2, 0) is 4.79 Å². The number of benzene rings is 1. The Bertz CT molecular complexity index is 795. The molecule has 1 aliphatic heterocycles. The van der Waals surface area contributed by atoms with Gasteiger partial charge in [-0.3, -0.25) is 9.59 Å². The number of H-pyrrole nitrogens is 1. The molecular weight excluding hydrogens is 270 g/mol. The molecule has 6 heteroatoms. The maximum absolute atomic E-state index is 12.3. The van der Waals surface area contributed by atoms with Gasteiger partial charge in [-0.1, -0.05) is 13.8 Å². The van der Waals surface area contributed by atoms with Crippen molar-refractivity contribution < 1.29 is 9.53 Å². The molecule has 2 aromatic rings. The molecule has 1 unspecified atom stereocenters. The highest BCUT2D eigenvalue weighted by atomic mass is 16.5. The Morgan fingerprint density at radius 2 is 2.05 bits per heavy atom. The Morgan fingerprint density at radius 1 is 1.33 bits per heavy atom. The number of aromatic nitrogens is 2. The van der Waals surface area contributed by atoms with Crippen molar-refractivity contribution in [3.63, 3.8) is 0 Å². The van der Waals surface area contributed by atoms with E-state index < -0.39 is 6.10 Å². The fourth-order valence-electron chi connectivity index (χ4n) is 2.55. The van der Waals surface area contributed by atoms with Gasteiger partial charge in [0.2, 0.25) is 0 Å². The number of fused-ring (bicyclic) bond motifs is 2. The van der Waals surface area contributed by atoms with Crippen LogP contribution in [0.2, 0.25) is 0 Å². The molecule has 0 spiro atoms. The predicted octanol–water partition coefficient (Wildman–Crippen LogP) is 1.61. The van der Waals surface area contributed by atoms with Crippen LogP contribution >= 0.6 is 0 Å². The highest BCUT2D eigenvalue weighted by Gasteiger charge is 2.34. The number of likely N-dealkylation sites (N-methyl/N-ethyl adjacent to an activating group) is 1. The summed E-state index contributed by atoms with van der Waals surface area (Å²) in [4.78, 5) is 32.8. The summed E-state index contributed by atoms with van der Waals surface area (Å²) in [5.41, 5.74) is 0.952. The Labute approximate surface area is 121 Å². The number of nitrogens with zero attached hydrogens (tertiary/aromatic N) is 2. The molecule has 1 amide bonds. The first-order valence-electron chi connectivity index (χ1n) is 6.87. The summed E-state index contributed by atoms with van der Waals surface area (Å²) in [7, 11) is 1.70. The number of anilines is 1. The standard InChI is InChI=1S/C15H17N3O3/c1-7(2)13-15(20)18(4)11-5-9-10(6-12(11)21-13)16-8(3)17-14(9)19/h5-7,13H,1-4H3,(H,16,17,19). The Kier molecular flexibility index (Phi) is 2.97. The molecule has 0 aliphatic carbocycles. The number of carbonyl (C=O) groups excluding carboxylic acids is 1. The van der Waals surface area contributed by atoms with Crippen LogP contribution in [0.15, 0.2) is 16.9 Å². The quantitative estimate of drug-likeness (QED) is 0.864. The van der Waals surface area contributed by atoms with Crippen molar-refractivity contribution in [1.82, 2.24) is 9.97 Å². The summed E-state index contributed by atoms with van der Waals surface area (Å²) in [5, 5.41) is 0.450. The normalized spacial score (nSPS) is 18.0. The summed E-state index contributed by atoms with van der Waals surface area (Å²) in [6, 6.07) is 3.38. The van der Waals surface area contributed by atoms with Crippen LogP contribution < -0.4 is 15.2 Å². The fourth-order valence-corrected chi connectivity index (χ4v) is 2.55. The molecule has 3 rings (SSSR count). The number of carbonyl (C=O) groups is 1. The van der Waals surface area contributed by atoms with E-state index in [-0.39, 0.29) is 17.4 Å². The molecule has 2 heterocycles. The largest absolute Gasteiger partial charge is 0.478 e. The van der Waals surface area contributed by atoms with Crippen molar-refractivity contribution >= 4 is 22.5 Å². The molecule has 0 radical (unpaired) electrons. The number of aryl methyl sites for hydroxylation is 1. The third-order valence-corrected chi connectivity index (χ3v) is 3.70. The van der Waals surface area contributed by atoms with E-state index >= 15 is 0 Å². The van der Waals surface area contributed by atoms with E-state index in [1.807, 2.05) is 13.8 Å². The van der Waals surface area contributed by atoms with Crippen molar-refractivity contribution in [2.45, 2.75) is 26.9 Å². The monoisotopic (exact) mass is 287 g/mol. The van der Waals surface area contributed by atoms with Gasteiger partial charge in [-0.05, 0) is 18.9 Å². The van der Waals surface area contributed by atoms with Gasteiger partial charge in [0, 0.05) is 13.1 Å². The zero-order valence-electron chi connectivity index (χ0n) is 12.4. The molecule has 110 valence electrons. The summed E-state index contributed by atoms with van der Waals surface area (Å²) >= 11 is 0. The van der Waals surface area contributed by atoms with Crippen LogP contribution in [0.4, 0.5) is 5.69 Å². The van der Waals surface area contributed by atoms with Gasteiger partial charge in [-0.2, -0.15) is 0 Å². The minimum atomic E-state index is -0.511. The maximum Gasteiger partial charge on any atom is 0.268 e. The van der Waals surface area contributed by atoms with Gasteiger partial charge in [0.25, 0.3) is 11.5 Å².